The fourth-order valence-corrected chi connectivity index (χ4v) is 2.76. The van der Waals surface area contributed by atoms with Gasteiger partial charge in [-0.05, 0) is 23.1 Å². The standard InChI is InChI=1S/C16H14ClN5O3/c1-16(2,3)10-7-22(14-12(10)13(17)19-8-20-14)11-6-9(4-5-18-11)15(23)25-21-24/h4-8H,1-3H3. The first-order valence-corrected chi connectivity index (χ1v) is 7.73. The summed E-state index contributed by atoms with van der Waals surface area (Å²) >= 11 is 6.29. The van der Waals surface area contributed by atoms with E-state index < -0.39 is 5.97 Å². The van der Waals surface area contributed by atoms with Crippen LogP contribution in [-0.2, 0) is 10.3 Å². The molecule has 0 fully saturated rings. The molecule has 25 heavy (non-hydrogen) atoms. The van der Waals surface area contributed by atoms with Crippen molar-refractivity contribution in [1.82, 2.24) is 19.5 Å². The van der Waals surface area contributed by atoms with Crippen molar-refractivity contribution < 1.29 is 9.63 Å². The first kappa shape index (κ1) is 17.0. The smallest absolute Gasteiger partial charge is 0.285 e. The average Bonchev–Trinajstić information content (AvgIpc) is 2.96. The maximum Gasteiger partial charge on any atom is 0.369 e. The van der Waals surface area contributed by atoms with Gasteiger partial charge in [0.1, 0.15) is 17.3 Å². The van der Waals surface area contributed by atoms with E-state index in [1.807, 2.05) is 27.0 Å². The van der Waals surface area contributed by atoms with Crippen LogP contribution in [0.25, 0.3) is 16.9 Å². The molecule has 0 aliphatic carbocycles. The van der Waals surface area contributed by atoms with Gasteiger partial charge in [-0.15, -0.1) is 4.91 Å². The Balaban J connectivity index is 2.24. The van der Waals surface area contributed by atoms with Gasteiger partial charge in [-0.25, -0.2) is 19.7 Å². The Kier molecular flexibility index (Phi) is 4.22. The van der Waals surface area contributed by atoms with Crippen molar-refractivity contribution >= 4 is 28.6 Å². The summed E-state index contributed by atoms with van der Waals surface area (Å²) in [6.07, 6.45) is 4.66. The Labute approximate surface area is 147 Å². The van der Waals surface area contributed by atoms with Gasteiger partial charge in [-0.2, -0.15) is 0 Å². The number of hydrogen-bond acceptors (Lipinski definition) is 7. The molecular weight excluding hydrogens is 346 g/mol. The number of rotatable bonds is 3. The number of carbonyl (C=O) groups is 1. The van der Waals surface area contributed by atoms with Crippen molar-refractivity contribution in [1.29, 1.82) is 0 Å². The Bertz CT molecular complexity index is 978. The highest BCUT2D eigenvalue weighted by Gasteiger charge is 2.24. The highest BCUT2D eigenvalue weighted by atomic mass is 35.5. The van der Waals surface area contributed by atoms with Gasteiger partial charge in [0.05, 0.1) is 10.9 Å². The van der Waals surface area contributed by atoms with E-state index in [0.717, 1.165) is 10.9 Å². The first-order chi connectivity index (χ1) is 11.8. The lowest BCUT2D eigenvalue weighted by atomic mass is 9.87. The third kappa shape index (κ3) is 3.08. The van der Waals surface area contributed by atoms with Crippen LogP contribution in [0, 0.1) is 4.91 Å². The van der Waals surface area contributed by atoms with Gasteiger partial charge in [-0.3, -0.25) is 9.40 Å². The summed E-state index contributed by atoms with van der Waals surface area (Å²) in [4.78, 5) is 38.6. The summed E-state index contributed by atoms with van der Waals surface area (Å²) in [6.45, 7) is 6.14. The molecule has 0 aromatic carbocycles. The number of pyridine rings is 1. The van der Waals surface area contributed by atoms with E-state index in [2.05, 4.69) is 25.1 Å². The lowest BCUT2D eigenvalue weighted by Gasteiger charge is -2.17. The van der Waals surface area contributed by atoms with Crippen LogP contribution in [0.15, 0.2) is 36.2 Å². The van der Waals surface area contributed by atoms with Crippen molar-refractivity contribution in [3.8, 4) is 5.82 Å². The number of carbonyl (C=O) groups excluding carboxylic acids is 1. The van der Waals surface area contributed by atoms with E-state index in [0.29, 0.717) is 16.6 Å². The van der Waals surface area contributed by atoms with Crippen molar-refractivity contribution in [3.63, 3.8) is 0 Å². The summed E-state index contributed by atoms with van der Waals surface area (Å²) < 4.78 is 1.72. The minimum atomic E-state index is -0.862. The van der Waals surface area contributed by atoms with Gasteiger partial charge in [0, 0.05) is 12.4 Å². The van der Waals surface area contributed by atoms with Crippen LogP contribution >= 0.6 is 11.6 Å². The molecule has 0 radical (unpaired) electrons. The maximum atomic E-state index is 11.7. The van der Waals surface area contributed by atoms with E-state index >= 15 is 0 Å². The molecule has 0 amide bonds. The summed E-state index contributed by atoms with van der Waals surface area (Å²) in [6, 6.07) is 2.91. The third-order valence-electron chi connectivity index (χ3n) is 3.69. The van der Waals surface area contributed by atoms with Crippen molar-refractivity contribution in [2.24, 2.45) is 5.34 Å². The fraction of sp³-hybridized carbons (Fsp3) is 0.250. The topological polar surface area (TPSA) is 99.3 Å². The van der Waals surface area contributed by atoms with Gasteiger partial charge in [0.25, 0.3) is 0 Å². The van der Waals surface area contributed by atoms with E-state index in [1.54, 1.807) is 4.57 Å². The molecule has 0 saturated heterocycles. The van der Waals surface area contributed by atoms with E-state index in [-0.39, 0.29) is 11.0 Å². The molecule has 0 aliphatic rings. The number of hydrogen-bond donors (Lipinski definition) is 0. The molecule has 0 atom stereocenters. The Morgan fingerprint density at radius 1 is 1.28 bits per heavy atom. The molecule has 0 bridgehead atoms. The van der Waals surface area contributed by atoms with E-state index in [4.69, 9.17) is 11.6 Å². The monoisotopic (exact) mass is 359 g/mol. The summed E-state index contributed by atoms with van der Waals surface area (Å²) in [5.74, 6) is -0.436. The second-order valence-corrected chi connectivity index (χ2v) is 6.74. The van der Waals surface area contributed by atoms with Crippen LogP contribution in [-0.4, -0.2) is 25.5 Å². The molecule has 9 heteroatoms. The van der Waals surface area contributed by atoms with Gasteiger partial charge >= 0.3 is 5.97 Å². The van der Waals surface area contributed by atoms with Crippen molar-refractivity contribution in [2.45, 2.75) is 26.2 Å². The van der Waals surface area contributed by atoms with Crippen molar-refractivity contribution in [3.05, 3.63) is 52.0 Å². The molecule has 0 spiro atoms. The molecule has 8 nitrogen and oxygen atoms in total. The van der Waals surface area contributed by atoms with Crippen LogP contribution in [0.3, 0.4) is 0 Å². The molecule has 3 aromatic rings. The molecule has 0 saturated carbocycles. The summed E-state index contributed by atoms with van der Waals surface area (Å²) in [5, 5.41) is 3.21. The predicted molar refractivity (Wildman–Crippen MR) is 91.6 cm³/mol. The molecular formula is C16H14ClN5O3. The van der Waals surface area contributed by atoms with Crippen LogP contribution in [0.5, 0.6) is 0 Å². The highest BCUT2D eigenvalue weighted by Crippen LogP contribution is 2.35. The van der Waals surface area contributed by atoms with Crippen LogP contribution in [0.4, 0.5) is 0 Å². The SMILES string of the molecule is CC(C)(C)c1cn(-c2cc(C(=O)ON=O)ccn2)c2ncnc(Cl)c12. The lowest BCUT2D eigenvalue weighted by molar-refractivity contribution is 0.0508. The van der Waals surface area contributed by atoms with Gasteiger partial charge in [0.2, 0.25) is 0 Å². The minimum absolute atomic E-state index is 0.143. The molecule has 0 unspecified atom stereocenters. The Morgan fingerprint density at radius 3 is 2.72 bits per heavy atom. The number of fused-ring (bicyclic) bond motifs is 1. The first-order valence-electron chi connectivity index (χ1n) is 7.35. The molecule has 0 aliphatic heterocycles. The zero-order valence-corrected chi connectivity index (χ0v) is 14.5. The third-order valence-corrected chi connectivity index (χ3v) is 3.98. The second kappa shape index (κ2) is 6.21. The Hall–Kier alpha value is -2.87. The highest BCUT2D eigenvalue weighted by molar-refractivity contribution is 6.34. The number of halogens is 1. The summed E-state index contributed by atoms with van der Waals surface area (Å²) in [5.41, 5.74) is 1.44. The van der Waals surface area contributed by atoms with E-state index in [1.165, 1.54) is 24.7 Å². The number of nitrogens with zero attached hydrogens (tertiary/aromatic N) is 5. The summed E-state index contributed by atoms with van der Waals surface area (Å²) in [7, 11) is 0. The molecule has 3 aromatic heterocycles. The lowest BCUT2D eigenvalue weighted by Crippen LogP contribution is -2.10. The minimum Gasteiger partial charge on any atom is -0.285 e. The predicted octanol–water partition coefficient (Wildman–Crippen LogP) is 3.60. The van der Waals surface area contributed by atoms with Gasteiger partial charge in [0.15, 0.2) is 11.0 Å². The second-order valence-electron chi connectivity index (χ2n) is 6.38. The maximum absolute atomic E-state index is 11.7. The zero-order chi connectivity index (χ0) is 18.2. The van der Waals surface area contributed by atoms with Gasteiger partial charge in [-0.1, -0.05) is 32.4 Å². The quantitative estimate of drug-likeness (QED) is 0.402. The number of aromatic nitrogens is 4. The average molecular weight is 360 g/mol. The normalized spacial score (nSPS) is 11.5. The largest absolute Gasteiger partial charge is 0.369 e. The van der Waals surface area contributed by atoms with E-state index in [9.17, 15) is 9.70 Å². The molecule has 0 N–H and O–H groups in total. The molecule has 3 rings (SSSR count). The van der Waals surface area contributed by atoms with Gasteiger partial charge < -0.3 is 0 Å². The molecule has 3 heterocycles. The Morgan fingerprint density at radius 2 is 2.04 bits per heavy atom. The van der Waals surface area contributed by atoms with Crippen LogP contribution in [0.1, 0.15) is 36.7 Å². The zero-order valence-electron chi connectivity index (χ0n) is 13.7. The van der Waals surface area contributed by atoms with Crippen molar-refractivity contribution in [2.75, 3.05) is 0 Å². The van der Waals surface area contributed by atoms with Crippen LogP contribution in [0.2, 0.25) is 5.15 Å². The molecule has 128 valence electrons. The van der Waals surface area contributed by atoms with Crippen LogP contribution < -0.4 is 0 Å². The fourth-order valence-electron chi connectivity index (χ4n) is 2.53.